The van der Waals surface area contributed by atoms with E-state index in [9.17, 15) is 4.79 Å². The number of cyclic esters (lactones) is 1. The Morgan fingerprint density at radius 3 is 2.90 bits per heavy atom. The van der Waals surface area contributed by atoms with Crippen LogP contribution in [0.4, 0.5) is 0 Å². The van der Waals surface area contributed by atoms with Gasteiger partial charge in [-0.25, -0.2) is 9.79 Å². The molecule has 2 heterocycles. The van der Waals surface area contributed by atoms with Crippen molar-refractivity contribution in [3.63, 3.8) is 0 Å². The summed E-state index contributed by atoms with van der Waals surface area (Å²) in [6.07, 6.45) is 3.04. The molecule has 0 saturated carbocycles. The van der Waals surface area contributed by atoms with Crippen LogP contribution in [-0.4, -0.2) is 19.0 Å². The fourth-order valence-corrected chi connectivity index (χ4v) is 2.06. The lowest BCUT2D eigenvalue weighted by Crippen LogP contribution is -2.04. The van der Waals surface area contributed by atoms with E-state index >= 15 is 0 Å². The summed E-state index contributed by atoms with van der Waals surface area (Å²) in [5.41, 5.74) is 0.795. The first-order valence-electron chi connectivity index (χ1n) is 6.07. The Bertz CT molecular complexity index is 747. The van der Waals surface area contributed by atoms with Crippen LogP contribution in [0, 0.1) is 0 Å². The van der Waals surface area contributed by atoms with Gasteiger partial charge in [-0.2, -0.15) is 0 Å². The van der Waals surface area contributed by atoms with Crippen molar-refractivity contribution in [2.45, 2.75) is 0 Å². The highest BCUT2D eigenvalue weighted by molar-refractivity contribution is 6.30. The minimum Gasteiger partial charge on any atom is -0.496 e. The topological polar surface area (TPSA) is 61.0 Å². The van der Waals surface area contributed by atoms with E-state index in [-0.39, 0.29) is 11.6 Å². The van der Waals surface area contributed by atoms with Crippen LogP contribution in [0.3, 0.4) is 0 Å². The fourth-order valence-electron chi connectivity index (χ4n) is 1.88. The lowest BCUT2D eigenvalue weighted by atomic mass is 10.1. The Morgan fingerprint density at radius 2 is 2.19 bits per heavy atom. The number of aliphatic imine (C=N–C) groups is 1. The normalized spacial score (nSPS) is 16.0. The number of nitrogens with zero attached hydrogens (tertiary/aromatic N) is 1. The van der Waals surface area contributed by atoms with Crippen LogP contribution in [0.1, 0.15) is 11.3 Å². The maximum absolute atomic E-state index is 11.8. The van der Waals surface area contributed by atoms with Gasteiger partial charge in [0.2, 0.25) is 0 Å². The van der Waals surface area contributed by atoms with Gasteiger partial charge in [0.15, 0.2) is 11.5 Å². The van der Waals surface area contributed by atoms with Gasteiger partial charge in [0, 0.05) is 10.6 Å². The van der Waals surface area contributed by atoms with Crippen LogP contribution in [0.2, 0.25) is 5.02 Å². The number of benzene rings is 1. The second-order valence-corrected chi connectivity index (χ2v) is 4.64. The van der Waals surface area contributed by atoms with Crippen LogP contribution < -0.4 is 4.74 Å². The molecule has 0 amide bonds. The smallest absolute Gasteiger partial charge is 0.363 e. The Balaban J connectivity index is 2.00. The third-order valence-corrected chi connectivity index (χ3v) is 3.07. The molecule has 3 rings (SSSR count). The lowest BCUT2D eigenvalue weighted by Gasteiger charge is -2.04. The zero-order valence-corrected chi connectivity index (χ0v) is 11.8. The highest BCUT2D eigenvalue weighted by Gasteiger charge is 2.26. The fraction of sp³-hybridized carbons (Fsp3) is 0.0667. The molecule has 0 radical (unpaired) electrons. The van der Waals surface area contributed by atoms with E-state index in [2.05, 4.69) is 4.99 Å². The average Bonchev–Trinajstić information content (AvgIpc) is 3.10. The maximum Gasteiger partial charge on any atom is 0.363 e. The predicted molar refractivity (Wildman–Crippen MR) is 77.3 cm³/mol. The number of carbonyl (C=O) groups is 1. The van der Waals surface area contributed by atoms with Gasteiger partial charge in [-0.05, 0) is 36.4 Å². The second-order valence-electron chi connectivity index (χ2n) is 4.20. The summed E-state index contributed by atoms with van der Waals surface area (Å²) in [5, 5.41) is 0.532. The third kappa shape index (κ3) is 2.68. The molecule has 0 fully saturated rings. The van der Waals surface area contributed by atoms with Gasteiger partial charge in [-0.1, -0.05) is 11.6 Å². The number of halogens is 1. The number of ether oxygens (including phenoxy) is 2. The van der Waals surface area contributed by atoms with Gasteiger partial charge < -0.3 is 13.9 Å². The number of methoxy groups -OCH3 is 1. The second kappa shape index (κ2) is 5.46. The Kier molecular flexibility index (Phi) is 3.50. The molecule has 1 aliphatic rings. The Morgan fingerprint density at radius 1 is 1.33 bits per heavy atom. The molecule has 21 heavy (non-hydrogen) atoms. The largest absolute Gasteiger partial charge is 0.496 e. The number of hydrogen-bond donors (Lipinski definition) is 0. The van der Waals surface area contributed by atoms with Gasteiger partial charge in [-0.3, -0.25) is 0 Å². The van der Waals surface area contributed by atoms with Crippen molar-refractivity contribution in [2.24, 2.45) is 4.99 Å². The Hall–Kier alpha value is -2.53. The van der Waals surface area contributed by atoms with E-state index in [4.69, 9.17) is 25.5 Å². The first-order valence-corrected chi connectivity index (χ1v) is 6.45. The molecule has 0 spiro atoms. The van der Waals surface area contributed by atoms with E-state index in [1.165, 1.54) is 13.4 Å². The number of furan rings is 1. The van der Waals surface area contributed by atoms with Gasteiger partial charge >= 0.3 is 5.97 Å². The summed E-state index contributed by atoms with van der Waals surface area (Å²) >= 11 is 5.95. The Labute approximate surface area is 125 Å². The number of esters is 1. The zero-order valence-electron chi connectivity index (χ0n) is 11.0. The molecule has 1 aromatic heterocycles. The van der Waals surface area contributed by atoms with Crippen molar-refractivity contribution in [2.75, 3.05) is 7.11 Å². The summed E-state index contributed by atoms with van der Waals surface area (Å²) in [6, 6.07) is 8.45. The molecule has 1 aliphatic heterocycles. The average molecular weight is 304 g/mol. The summed E-state index contributed by atoms with van der Waals surface area (Å²) in [6.45, 7) is 0. The van der Waals surface area contributed by atoms with E-state index in [0.29, 0.717) is 22.1 Å². The van der Waals surface area contributed by atoms with Crippen LogP contribution in [-0.2, 0) is 9.53 Å². The molecule has 2 aromatic rings. The molecule has 0 aliphatic carbocycles. The SMILES string of the molecule is COc1ccc(Cl)cc1/C=C1/N=C(c2ccco2)OC1=O. The van der Waals surface area contributed by atoms with E-state index in [1.807, 2.05) is 0 Å². The monoisotopic (exact) mass is 303 g/mol. The lowest BCUT2D eigenvalue weighted by molar-refractivity contribution is -0.130. The van der Waals surface area contributed by atoms with E-state index in [1.54, 1.807) is 36.4 Å². The molecule has 0 saturated heterocycles. The van der Waals surface area contributed by atoms with Crippen LogP contribution in [0.25, 0.3) is 6.08 Å². The van der Waals surface area contributed by atoms with Crippen molar-refractivity contribution in [1.29, 1.82) is 0 Å². The van der Waals surface area contributed by atoms with Crippen LogP contribution >= 0.6 is 11.6 Å². The molecule has 1 aromatic carbocycles. The summed E-state index contributed by atoms with van der Waals surface area (Å²) in [7, 11) is 1.54. The van der Waals surface area contributed by atoms with Crippen molar-refractivity contribution in [1.82, 2.24) is 0 Å². The minimum atomic E-state index is -0.552. The summed E-state index contributed by atoms with van der Waals surface area (Å²) in [5.74, 6) is 0.562. The first-order chi connectivity index (χ1) is 10.2. The number of rotatable bonds is 3. The summed E-state index contributed by atoms with van der Waals surface area (Å²) < 4.78 is 15.4. The highest BCUT2D eigenvalue weighted by Crippen LogP contribution is 2.27. The zero-order chi connectivity index (χ0) is 14.8. The number of carbonyl (C=O) groups excluding carboxylic acids is 1. The van der Waals surface area contributed by atoms with Gasteiger partial charge in [-0.15, -0.1) is 0 Å². The molecule has 6 heteroatoms. The molecular weight excluding hydrogens is 294 g/mol. The molecule has 0 unspecified atom stereocenters. The summed E-state index contributed by atoms with van der Waals surface area (Å²) in [4.78, 5) is 16.0. The molecule has 5 nitrogen and oxygen atoms in total. The highest BCUT2D eigenvalue weighted by atomic mass is 35.5. The van der Waals surface area contributed by atoms with Gasteiger partial charge in [0.05, 0.1) is 13.4 Å². The first kappa shape index (κ1) is 13.5. The predicted octanol–water partition coefficient (Wildman–Crippen LogP) is 3.29. The number of hydrogen-bond acceptors (Lipinski definition) is 5. The third-order valence-electron chi connectivity index (χ3n) is 2.84. The molecule has 0 atom stereocenters. The van der Waals surface area contributed by atoms with Crippen molar-refractivity contribution in [3.05, 3.63) is 58.6 Å². The van der Waals surface area contributed by atoms with Crippen molar-refractivity contribution in [3.8, 4) is 5.75 Å². The van der Waals surface area contributed by atoms with E-state index in [0.717, 1.165) is 0 Å². The van der Waals surface area contributed by atoms with Crippen molar-refractivity contribution >= 4 is 29.5 Å². The van der Waals surface area contributed by atoms with Gasteiger partial charge in [0.25, 0.3) is 5.90 Å². The van der Waals surface area contributed by atoms with Gasteiger partial charge in [0.1, 0.15) is 5.75 Å². The van der Waals surface area contributed by atoms with E-state index < -0.39 is 5.97 Å². The minimum absolute atomic E-state index is 0.136. The quantitative estimate of drug-likeness (QED) is 0.645. The van der Waals surface area contributed by atoms with Crippen LogP contribution in [0.5, 0.6) is 5.75 Å². The standard InChI is InChI=1S/C15H10ClNO4/c1-19-12-5-4-10(16)7-9(12)8-11-15(18)21-14(17-11)13-3-2-6-20-13/h2-8H,1H3/b11-8+. The molecular formula is C15H10ClNO4. The molecule has 0 N–H and O–H groups in total. The molecule has 106 valence electrons. The molecule has 0 bridgehead atoms. The maximum atomic E-state index is 11.8. The van der Waals surface area contributed by atoms with Crippen LogP contribution in [0.15, 0.2) is 51.7 Å². The van der Waals surface area contributed by atoms with Crippen molar-refractivity contribution < 1.29 is 18.7 Å².